The minimum Gasteiger partial charge on any atom is -0.508 e. The van der Waals surface area contributed by atoms with E-state index < -0.39 is 0 Å². The molecule has 0 amide bonds. The molecular formula is C33H52O8. The number of benzene rings is 1. The van der Waals surface area contributed by atoms with Gasteiger partial charge in [0.2, 0.25) is 0 Å². The molecule has 2 saturated carbocycles. The molecule has 0 aliphatic heterocycles. The summed E-state index contributed by atoms with van der Waals surface area (Å²) in [6.45, 7) is 8.76. The van der Waals surface area contributed by atoms with Crippen molar-refractivity contribution in [2.75, 3.05) is 66.1 Å². The van der Waals surface area contributed by atoms with Crippen molar-refractivity contribution in [3.05, 3.63) is 29.3 Å². The monoisotopic (exact) mass is 576 g/mol. The number of phenolic OH excluding ortho intramolecular Hbond substituents is 1. The van der Waals surface area contributed by atoms with Crippen LogP contribution in [0.2, 0.25) is 0 Å². The number of unbranched alkanes of at least 4 members (excludes halogenated alkanes) is 1. The number of fused-ring (bicyclic) bond motifs is 5. The molecule has 2 N–H and O–H groups in total. The topological polar surface area (TPSA) is 104 Å². The van der Waals surface area contributed by atoms with Gasteiger partial charge in [-0.3, -0.25) is 4.79 Å². The average Bonchev–Trinajstić information content (AvgIpc) is 3.25. The molecule has 1 aromatic carbocycles. The smallest absolute Gasteiger partial charge is 0.155 e. The molecule has 0 heterocycles. The largest absolute Gasteiger partial charge is 0.508 e. The predicted octanol–water partition coefficient (Wildman–Crippen LogP) is 4.68. The molecule has 8 heteroatoms. The van der Waals surface area contributed by atoms with E-state index in [9.17, 15) is 15.0 Å². The number of carbonyl (C=O) groups is 1. The Hall–Kier alpha value is -1.55. The fraction of sp³-hybridized carbons (Fsp3) is 0.788. The van der Waals surface area contributed by atoms with Crippen LogP contribution in [0.5, 0.6) is 5.75 Å². The SMILES string of the molecule is CC(=O)COCCOCCOCCOCCOCCCC[C@@H]1Cc2cc(O)ccc2[C@H]2CC[C@]3(C)[C@@H](O)CC[C@H]3[C@H]12. The number of hydrogen-bond donors (Lipinski definition) is 2. The first kappa shape index (κ1) is 32.4. The zero-order valence-corrected chi connectivity index (χ0v) is 25.2. The summed E-state index contributed by atoms with van der Waals surface area (Å²) in [7, 11) is 0. The van der Waals surface area contributed by atoms with Gasteiger partial charge in [-0.2, -0.15) is 0 Å². The van der Waals surface area contributed by atoms with Crippen molar-refractivity contribution in [1.82, 2.24) is 0 Å². The van der Waals surface area contributed by atoms with E-state index in [-0.39, 0.29) is 23.9 Å². The molecular weight excluding hydrogens is 524 g/mol. The van der Waals surface area contributed by atoms with Gasteiger partial charge in [-0.1, -0.05) is 19.4 Å². The second-order valence-electron chi connectivity index (χ2n) is 12.5. The number of rotatable bonds is 19. The van der Waals surface area contributed by atoms with E-state index in [0.717, 1.165) is 51.6 Å². The first-order valence-corrected chi connectivity index (χ1v) is 15.8. The molecule has 0 radical (unpaired) electrons. The molecule has 6 atom stereocenters. The second kappa shape index (κ2) is 16.3. The van der Waals surface area contributed by atoms with Gasteiger partial charge in [0, 0.05) is 6.61 Å². The summed E-state index contributed by atoms with van der Waals surface area (Å²) in [5.74, 6) is 2.75. The maximum atomic E-state index is 10.9. The lowest BCUT2D eigenvalue weighted by Gasteiger charge is -2.53. The van der Waals surface area contributed by atoms with Crippen molar-refractivity contribution in [1.29, 1.82) is 0 Å². The molecule has 1 aromatic rings. The summed E-state index contributed by atoms with van der Waals surface area (Å²) in [5.41, 5.74) is 2.84. The van der Waals surface area contributed by atoms with Crippen LogP contribution < -0.4 is 0 Å². The molecule has 3 aliphatic carbocycles. The number of ketones is 1. The Balaban J connectivity index is 1.06. The van der Waals surface area contributed by atoms with Crippen LogP contribution in [0.15, 0.2) is 18.2 Å². The minimum absolute atomic E-state index is 0.0134. The van der Waals surface area contributed by atoms with E-state index in [1.165, 1.54) is 24.5 Å². The average molecular weight is 577 g/mol. The lowest BCUT2D eigenvalue weighted by atomic mass is 9.52. The molecule has 0 aromatic heterocycles. The van der Waals surface area contributed by atoms with Crippen molar-refractivity contribution in [3.63, 3.8) is 0 Å². The Morgan fingerprint density at radius 3 is 2.17 bits per heavy atom. The highest BCUT2D eigenvalue weighted by Crippen LogP contribution is 2.62. The highest BCUT2D eigenvalue weighted by atomic mass is 16.6. The minimum atomic E-state index is -0.165. The quantitative estimate of drug-likeness (QED) is 0.229. The summed E-state index contributed by atoms with van der Waals surface area (Å²) >= 11 is 0. The summed E-state index contributed by atoms with van der Waals surface area (Å²) in [5, 5.41) is 21.0. The zero-order valence-electron chi connectivity index (χ0n) is 25.2. The van der Waals surface area contributed by atoms with E-state index in [2.05, 4.69) is 13.0 Å². The van der Waals surface area contributed by atoms with Crippen LogP contribution in [0.3, 0.4) is 0 Å². The van der Waals surface area contributed by atoms with Crippen LogP contribution in [0.4, 0.5) is 0 Å². The van der Waals surface area contributed by atoms with Crippen LogP contribution in [-0.2, 0) is 34.9 Å². The fourth-order valence-corrected chi connectivity index (χ4v) is 7.74. The number of aliphatic hydroxyl groups is 1. The number of carbonyl (C=O) groups excluding carboxylic acids is 1. The van der Waals surface area contributed by atoms with Crippen LogP contribution in [0, 0.1) is 23.2 Å². The normalized spacial score (nSPS) is 28.7. The van der Waals surface area contributed by atoms with Gasteiger partial charge in [0.1, 0.15) is 12.4 Å². The van der Waals surface area contributed by atoms with E-state index in [4.69, 9.17) is 23.7 Å². The van der Waals surface area contributed by atoms with E-state index in [0.29, 0.717) is 82.3 Å². The molecule has 4 rings (SSSR count). The van der Waals surface area contributed by atoms with Crippen LogP contribution in [0.1, 0.15) is 75.8 Å². The van der Waals surface area contributed by atoms with Gasteiger partial charge in [0.15, 0.2) is 5.78 Å². The van der Waals surface area contributed by atoms with Crippen LogP contribution in [0.25, 0.3) is 0 Å². The predicted molar refractivity (Wildman–Crippen MR) is 156 cm³/mol. The lowest BCUT2D eigenvalue weighted by Crippen LogP contribution is -2.47. The van der Waals surface area contributed by atoms with Crippen LogP contribution >= 0.6 is 0 Å². The molecule has 232 valence electrons. The summed E-state index contributed by atoms with van der Waals surface area (Å²) in [6.07, 6.45) is 8.53. The molecule has 0 bridgehead atoms. The summed E-state index contributed by atoms with van der Waals surface area (Å²) < 4.78 is 27.4. The number of phenols is 1. The molecule has 41 heavy (non-hydrogen) atoms. The van der Waals surface area contributed by atoms with Gasteiger partial charge in [-0.25, -0.2) is 0 Å². The molecule has 0 unspecified atom stereocenters. The highest BCUT2D eigenvalue weighted by molar-refractivity contribution is 5.76. The number of aliphatic hydroxyl groups excluding tert-OH is 1. The van der Waals surface area contributed by atoms with Crippen molar-refractivity contribution in [3.8, 4) is 5.75 Å². The number of ether oxygens (including phenoxy) is 5. The van der Waals surface area contributed by atoms with Crippen molar-refractivity contribution in [2.24, 2.45) is 23.2 Å². The maximum Gasteiger partial charge on any atom is 0.155 e. The highest BCUT2D eigenvalue weighted by Gasteiger charge is 2.56. The van der Waals surface area contributed by atoms with Gasteiger partial charge in [-0.05, 0) is 104 Å². The van der Waals surface area contributed by atoms with Gasteiger partial charge in [-0.15, -0.1) is 0 Å². The number of hydrogen-bond acceptors (Lipinski definition) is 8. The maximum absolute atomic E-state index is 10.9. The molecule has 0 spiro atoms. The molecule has 2 fully saturated rings. The Kier molecular flexibility index (Phi) is 12.9. The van der Waals surface area contributed by atoms with Crippen molar-refractivity contribution >= 4 is 5.78 Å². The zero-order chi connectivity index (χ0) is 29.1. The van der Waals surface area contributed by atoms with E-state index >= 15 is 0 Å². The Morgan fingerprint density at radius 2 is 1.51 bits per heavy atom. The van der Waals surface area contributed by atoms with E-state index in [1.54, 1.807) is 0 Å². The second-order valence-corrected chi connectivity index (χ2v) is 12.5. The first-order chi connectivity index (χ1) is 19.9. The van der Waals surface area contributed by atoms with E-state index in [1.807, 2.05) is 12.1 Å². The summed E-state index contributed by atoms with van der Waals surface area (Å²) in [6, 6.07) is 6.02. The van der Waals surface area contributed by atoms with Gasteiger partial charge in [0.05, 0.1) is 59.0 Å². The Morgan fingerprint density at radius 1 is 0.878 bits per heavy atom. The fourth-order valence-electron chi connectivity index (χ4n) is 7.74. The van der Waals surface area contributed by atoms with Gasteiger partial charge < -0.3 is 33.9 Å². The van der Waals surface area contributed by atoms with Gasteiger partial charge in [0.25, 0.3) is 0 Å². The molecule has 8 nitrogen and oxygen atoms in total. The lowest BCUT2D eigenvalue weighted by molar-refractivity contribution is -0.122. The third-order valence-electron chi connectivity index (χ3n) is 9.74. The van der Waals surface area contributed by atoms with Crippen molar-refractivity contribution in [2.45, 2.75) is 77.2 Å². The van der Waals surface area contributed by atoms with Crippen molar-refractivity contribution < 1.29 is 38.7 Å². The Labute approximate surface area is 246 Å². The standard InChI is InChI=1S/C33H52O8/c1-24(34)23-41-20-19-40-18-17-39-16-15-38-14-13-37-12-4-3-5-25-21-26-22-27(35)6-7-28(26)29-10-11-33(2)30(32(25)29)8-9-31(33)36/h6-7,22,25,29-32,35-36H,3-5,8-21,23H2,1-2H3/t25-,29-,30+,31+,32-,33+/m1/s1. The van der Waals surface area contributed by atoms with Gasteiger partial charge >= 0.3 is 0 Å². The summed E-state index contributed by atoms with van der Waals surface area (Å²) in [4.78, 5) is 10.8. The third-order valence-corrected chi connectivity index (χ3v) is 9.74. The number of Topliss-reactive ketones (excluding diaryl/α,β-unsaturated/α-hetero) is 1. The first-order valence-electron chi connectivity index (χ1n) is 15.8. The van der Waals surface area contributed by atoms with Crippen LogP contribution in [-0.4, -0.2) is 88.2 Å². The molecule has 0 saturated heterocycles. The Bertz CT molecular complexity index is 938. The third kappa shape index (κ3) is 8.97. The number of aromatic hydroxyl groups is 1. The molecule has 3 aliphatic rings.